The van der Waals surface area contributed by atoms with E-state index in [0.717, 1.165) is 24.3 Å². The Morgan fingerprint density at radius 2 is 0.358 bits per heavy atom. The van der Waals surface area contributed by atoms with Crippen LogP contribution in [-0.2, 0) is 38.4 Å². The molecule has 36 nitrogen and oxygen atoms in total. The first-order valence-corrected chi connectivity index (χ1v) is 37.1. The number of aromatic amines is 2. The monoisotopic (exact) mass is 1670 g/mol. The minimum Gasteiger partial charge on any atom is -0.426 e. The number of benzene rings is 4. The van der Waals surface area contributed by atoms with E-state index in [0.29, 0.717) is 0 Å². The average Bonchev–Trinajstić information content (AvgIpc) is 1.59. The Balaban J connectivity index is 1.57. The summed E-state index contributed by atoms with van der Waals surface area (Å²) < 4.78 is 47.0. The minimum absolute atomic E-state index is 0.00608. The first-order chi connectivity index (χ1) is 56.8. The molecule has 18 N–H and O–H groups in total. The number of hydrogen-bond donors (Lipinski definition) is 18. The van der Waals surface area contributed by atoms with Crippen LogP contribution in [0.4, 0.5) is 0 Å². The van der Waals surface area contributed by atoms with E-state index in [1.165, 1.54) is 152 Å². The Labute approximate surface area is 684 Å². The zero-order chi connectivity index (χ0) is 88.4. The lowest BCUT2D eigenvalue weighted by Crippen LogP contribution is -2.39. The van der Waals surface area contributed by atoms with Crippen molar-refractivity contribution in [3.05, 3.63) is 120 Å². The molecule has 5 heterocycles. The van der Waals surface area contributed by atoms with Gasteiger partial charge in [-0.25, -0.2) is 9.97 Å². The summed E-state index contributed by atoms with van der Waals surface area (Å²) in [7, 11) is 0. The summed E-state index contributed by atoms with van der Waals surface area (Å²) in [6.07, 6.45) is 5.80. The molecule has 642 valence electrons. The van der Waals surface area contributed by atoms with Gasteiger partial charge in [0, 0.05) is 68.6 Å². The van der Waals surface area contributed by atoms with Crippen LogP contribution in [0.3, 0.4) is 0 Å². The fourth-order valence-electron chi connectivity index (χ4n) is 11.0. The molecule has 0 unspecified atom stereocenters. The van der Waals surface area contributed by atoms with Crippen LogP contribution in [0.1, 0.15) is 78.2 Å². The first kappa shape index (κ1) is 92.5. The predicted octanol–water partition coefficient (Wildman–Crippen LogP) is 2.49. The number of hydrogen-bond acceptors (Lipinski definition) is 34. The highest BCUT2D eigenvalue weighted by Gasteiger charge is 2.42. The molecule has 0 fully saturated rings. The van der Waals surface area contributed by atoms with Gasteiger partial charge in [0.1, 0.15) is 89.3 Å². The van der Waals surface area contributed by atoms with Crippen molar-refractivity contribution >= 4 is 94.1 Å². The van der Waals surface area contributed by atoms with Gasteiger partial charge in [-0.15, -0.1) is 0 Å². The predicted molar refractivity (Wildman–Crippen MR) is 424 cm³/mol. The van der Waals surface area contributed by atoms with Crippen LogP contribution in [-0.4, -0.2) is 255 Å². The molecule has 0 radical (unpaired) electrons. The number of rotatable bonds is 36. The molecule has 0 atom stereocenters. The second kappa shape index (κ2) is 37.5. The van der Waals surface area contributed by atoms with Crippen LogP contribution in [0.15, 0.2) is 97.1 Å². The lowest BCUT2D eigenvalue weighted by atomic mass is 9.93. The summed E-state index contributed by atoms with van der Waals surface area (Å²) in [5.74, 6) is -13.2. The normalized spacial score (nSPS) is 12.7. The summed E-state index contributed by atoms with van der Waals surface area (Å²) in [6.45, 7) is -5.81. The third-order valence-corrected chi connectivity index (χ3v) is 20.6. The molecule has 0 aliphatic carbocycles. The van der Waals surface area contributed by atoms with Crippen molar-refractivity contribution in [1.82, 2.24) is 19.9 Å². The second-order valence-electron chi connectivity index (χ2n) is 31.4. The smallest absolute Gasteiger partial charge is 0.321 e. The lowest BCUT2D eigenvalue weighted by Gasteiger charge is -2.24. The lowest BCUT2D eigenvalue weighted by molar-refractivity contribution is -0.151. The number of aliphatic hydroxyl groups is 16. The molecule has 9 rings (SSSR count). The van der Waals surface area contributed by atoms with E-state index in [9.17, 15) is 120 Å². The van der Waals surface area contributed by atoms with Crippen LogP contribution in [0, 0.1) is 43.3 Å². The van der Waals surface area contributed by atoms with Crippen molar-refractivity contribution in [2.45, 2.75) is 55.4 Å². The first-order valence-electron chi connectivity index (χ1n) is 37.1. The highest BCUT2D eigenvalue weighted by atomic mass is 16.6. The number of nitrogens with one attached hydrogen (secondary N) is 2. The maximum atomic E-state index is 14.1. The second-order valence-corrected chi connectivity index (χ2v) is 31.4. The van der Waals surface area contributed by atoms with Gasteiger partial charge in [0.25, 0.3) is 0 Å². The van der Waals surface area contributed by atoms with E-state index in [2.05, 4.69) is 9.97 Å². The van der Waals surface area contributed by atoms with E-state index < -0.39 is 243 Å². The molecule has 2 aliphatic rings. The fourth-order valence-corrected chi connectivity index (χ4v) is 11.0. The van der Waals surface area contributed by atoms with Crippen LogP contribution < -0.4 is 37.9 Å². The van der Waals surface area contributed by atoms with Crippen LogP contribution in [0.5, 0.6) is 46.0 Å². The van der Waals surface area contributed by atoms with Gasteiger partial charge >= 0.3 is 47.8 Å². The number of H-pyrrole nitrogens is 2. The number of aromatic nitrogens is 4. The molecule has 3 aromatic heterocycles. The molecular weight excluding hydrogens is 1580 g/mol. The van der Waals surface area contributed by atoms with Gasteiger partial charge in [-0.05, 0) is 175 Å². The molecule has 120 heavy (non-hydrogen) atoms. The highest BCUT2D eigenvalue weighted by molar-refractivity contribution is 6.02. The molecule has 0 saturated heterocycles. The van der Waals surface area contributed by atoms with Crippen molar-refractivity contribution in [3.63, 3.8) is 0 Å². The molecule has 8 bridgehead atoms. The Kier molecular flexibility index (Phi) is 28.9. The van der Waals surface area contributed by atoms with Crippen molar-refractivity contribution in [1.29, 1.82) is 0 Å². The third-order valence-electron chi connectivity index (χ3n) is 20.6. The number of esters is 8. The SMILES string of the molecule is CC(CO)(CO)C(=O)Oc1cc(OC(=O)C(C)(CO)CO)cc(-c2c3nc(c(-c4cc(OC(=O)C(C)(CO)CO)cc(OC(=O)C(C)(CO)CO)c4)c4ccc([nH]4)c(-c4cc(OC(=O)C(C)(CO)CO)cc(OC(=O)C(C)(CO)CO)c4)c4nc(c(-c5cc(OC(=O)C(C)(CO)CO)cc(OC(=O)C(C)(CO)CO)c5)c5ccc2[nH]5)C=C4)C=C3)c1. The van der Waals surface area contributed by atoms with Gasteiger partial charge in [-0.2, -0.15) is 0 Å². The maximum Gasteiger partial charge on any atom is 0.321 e. The minimum atomic E-state index is -1.98. The number of ether oxygens (including phenoxy) is 8. The van der Waals surface area contributed by atoms with Crippen molar-refractivity contribution in [2.24, 2.45) is 43.3 Å². The Morgan fingerprint density at radius 1 is 0.233 bits per heavy atom. The summed E-state index contributed by atoms with van der Waals surface area (Å²) >= 11 is 0. The molecule has 0 saturated carbocycles. The molecule has 7 aromatic rings. The summed E-state index contributed by atoms with van der Waals surface area (Å²) in [5, 5.41) is 167. The van der Waals surface area contributed by atoms with Gasteiger partial charge in [-0.1, -0.05) is 0 Å². The Bertz CT molecular complexity index is 4460. The summed E-state index contributed by atoms with van der Waals surface area (Å²) in [4.78, 5) is 130. The molecule has 4 aromatic carbocycles. The van der Waals surface area contributed by atoms with Crippen LogP contribution >= 0.6 is 0 Å². The molecule has 0 amide bonds. The van der Waals surface area contributed by atoms with E-state index in [-0.39, 0.29) is 89.4 Å². The van der Waals surface area contributed by atoms with Crippen LogP contribution in [0.2, 0.25) is 0 Å². The number of fused-ring (bicyclic) bond motifs is 8. The Morgan fingerprint density at radius 3 is 0.475 bits per heavy atom. The van der Waals surface area contributed by atoms with Crippen molar-refractivity contribution in [2.75, 3.05) is 106 Å². The quantitative estimate of drug-likeness (QED) is 0.0198. The van der Waals surface area contributed by atoms with Gasteiger partial charge < -0.3 is 130 Å². The number of nitrogens with zero attached hydrogens (tertiary/aromatic N) is 2. The topological polar surface area (TPSA) is 591 Å². The molecule has 36 heteroatoms. The third kappa shape index (κ3) is 19.2. The molecular formula is C84H94N4O32. The Hall–Kier alpha value is -11.4. The average molecular weight is 1670 g/mol. The standard InChI is InChI=1S/C84H94N4O32/c1-77(29-89,30-90)69(105)113-49-17-45(18-50(25-49)114-70(106)78(2,31-91)32-92)65-57-9-11-59(85-57)66(46-19-51(115-71(107)79(3,33-93)34-94)26-52(20-46)116-72(108)80(4,35-95)36-96)61-13-15-63(87-61)68(48-23-55(119-75(111)83(7,41-101)42-102)28-56(24-48)120-76(112)84(8,43-103)44-104)64-16-14-62(88-64)67(60-12-10-58(65)86-60)47-21-53(117-73(109)81(5,37-97)38-98)27-54(22-47)118-74(110)82(6,39-99)40-100/h9-28,85,88-104H,29-44H2,1-8H3. The van der Waals surface area contributed by atoms with Crippen molar-refractivity contribution < 1.29 is 158 Å². The summed E-state index contributed by atoms with van der Waals surface area (Å²) in [6, 6.07) is 20.2. The zero-order valence-electron chi connectivity index (χ0n) is 66.4. The van der Waals surface area contributed by atoms with Gasteiger partial charge in [-0.3, -0.25) is 38.4 Å². The van der Waals surface area contributed by atoms with Gasteiger partial charge in [0.2, 0.25) is 0 Å². The highest BCUT2D eigenvalue weighted by Crippen LogP contribution is 2.46. The maximum absolute atomic E-state index is 14.1. The van der Waals surface area contributed by atoms with Gasteiger partial charge in [0.05, 0.1) is 128 Å². The summed E-state index contributed by atoms with van der Waals surface area (Å²) in [5.41, 5.74) is -16.6. The van der Waals surface area contributed by atoms with Crippen LogP contribution in [0.25, 0.3) is 90.9 Å². The number of aliphatic hydroxyl groups excluding tert-OH is 16. The van der Waals surface area contributed by atoms with E-state index in [1.807, 2.05) is 0 Å². The van der Waals surface area contributed by atoms with E-state index in [4.69, 9.17) is 47.9 Å². The van der Waals surface area contributed by atoms with Gasteiger partial charge in [0.15, 0.2) is 0 Å². The fraction of sp³-hybridized carbons (Fsp3) is 0.381. The van der Waals surface area contributed by atoms with E-state index >= 15 is 0 Å². The zero-order valence-corrected chi connectivity index (χ0v) is 66.4. The number of carbonyl (C=O) groups excluding carboxylic acids is 8. The van der Waals surface area contributed by atoms with Crippen molar-refractivity contribution in [3.8, 4) is 90.5 Å². The van der Waals surface area contributed by atoms with E-state index in [1.54, 1.807) is 0 Å². The molecule has 0 spiro atoms. The number of carbonyl (C=O) groups is 8. The molecule has 2 aliphatic heterocycles. The largest absolute Gasteiger partial charge is 0.426 e.